The third-order valence-corrected chi connectivity index (χ3v) is 7.39. The fourth-order valence-electron chi connectivity index (χ4n) is 3.76. The van der Waals surface area contributed by atoms with E-state index in [4.69, 9.17) is 0 Å². The predicted octanol–water partition coefficient (Wildman–Crippen LogP) is 3.25. The van der Waals surface area contributed by atoms with Crippen LogP contribution in [-0.2, 0) is 22.7 Å². The summed E-state index contributed by atoms with van der Waals surface area (Å²) in [5.41, 5.74) is 2.98. The van der Waals surface area contributed by atoms with Crippen molar-refractivity contribution >= 4 is 55.0 Å². The van der Waals surface area contributed by atoms with Gasteiger partial charge in [-0.25, -0.2) is 9.67 Å². The second-order valence-electron chi connectivity index (χ2n) is 7.49. The minimum absolute atomic E-state index is 0.000185. The Labute approximate surface area is 189 Å². The number of carbonyl (C=O) groups is 3. The number of fused-ring (bicyclic) bond motifs is 2. The van der Waals surface area contributed by atoms with E-state index in [0.29, 0.717) is 22.8 Å². The summed E-state index contributed by atoms with van der Waals surface area (Å²) < 4.78 is 3.32. The summed E-state index contributed by atoms with van der Waals surface area (Å²) in [4.78, 5) is 43.4. The number of hydrogen-bond donors (Lipinski definition) is 0. The van der Waals surface area contributed by atoms with Gasteiger partial charge in [0.1, 0.15) is 12.2 Å². The second kappa shape index (κ2) is 7.61. The second-order valence-corrected chi connectivity index (χ2v) is 9.47. The first-order valence-electron chi connectivity index (χ1n) is 9.61. The lowest BCUT2D eigenvalue weighted by molar-refractivity contribution is -0.140. The molecular weight excluding hydrogens is 482 g/mol. The van der Waals surface area contributed by atoms with Gasteiger partial charge in [0.15, 0.2) is 5.01 Å². The molecule has 31 heavy (non-hydrogen) atoms. The van der Waals surface area contributed by atoms with Crippen LogP contribution in [0.4, 0.5) is 0 Å². The molecule has 0 radical (unpaired) electrons. The Balaban J connectivity index is 1.32. The summed E-state index contributed by atoms with van der Waals surface area (Å²) in [7, 11) is 0. The smallest absolute Gasteiger partial charge is 0.295 e. The number of hydrogen-bond acceptors (Lipinski definition) is 7. The van der Waals surface area contributed by atoms with Crippen molar-refractivity contribution < 1.29 is 14.4 Å². The summed E-state index contributed by atoms with van der Waals surface area (Å²) in [6.45, 7) is 2.07. The number of ketones is 2. The first-order chi connectivity index (χ1) is 14.9. The van der Waals surface area contributed by atoms with E-state index < -0.39 is 17.6 Å². The number of Topliss-reactive ketones (excluding diaryl/α,β-unsaturated/α-hetero) is 2. The molecule has 1 aromatic carbocycles. The zero-order valence-corrected chi connectivity index (χ0v) is 18.8. The molecule has 1 unspecified atom stereocenters. The number of benzene rings is 1. The maximum Gasteiger partial charge on any atom is 0.295 e. The summed E-state index contributed by atoms with van der Waals surface area (Å²) in [6, 6.07) is 7.58. The zero-order valence-electron chi connectivity index (χ0n) is 16.4. The average Bonchev–Trinajstić information content (AvgIpc) is 3.43. The van der Waals surface area contributed by atoms with Crippen LogP contribution in [0.1, 0.15) is 28.8 Å². The molecule has 5 rings (SSSR count). The van der Waals surface area contributed by atoms with Crippen LogP contribution in [0, 0.1) is 5.92 Å². The van der Waals surface area contributed by atoms with Gasteiger partial charge >= 0.3 is 0 Å². The topological polar surface area (TPSA) is 98.1 Å². The normalized spacial score (nSPS) is 18.7. The summed E-state index contributed by atoms with van der Waals surface area (Å²) in [6.07, 6.45) is 3.97. The Kier molecular flexibility index (Phi) is 4.90. The number of likely N-dealkylation sites (tertiary alicyclic amines) is 1. The van der Waals surface area contributed by atoms with Gasteiger partial charge in [-0.15, -0.1) is 16.4 Å². The molecule has 1 aliphatic carbocycles. The van der Waals surface area contributed by atoms with E-state index in [0.717, 1.165) is 20.3 Å². The van der Waals surface area contributed by atoms with E-state index in [9.17, 15) is 14.4 Å². The third-order valence-electron chi connectivity index (χ3n) is 5.36. The molecule has 3 heterocycles. The van der Waals surface area contributed by atoms with Crippen molar-refractivity contribution in [2.24, 2.45) is 5.92 Å². The fourth-order valence-corrected chi connectivity index (χ4v) is 5.09. The number of para-hydroxylation sites is 1. The average molecular weight is 498 g/mol. The van der Waals surface area contributed by atoms with E-state index in [2.05, 4.69) is 31.2 Å². The molecule has 10 heteroatoms. The minimum atomic E-state index is -0.536. The van der Waals surface area contributed by atoms with Gasteiger partial charge in [0.05, 0.1) is 28.9 Å². The standard InChI is InChI=1S/C21H16BrN5O3S/c1-11-6-16-13(7-14(11)22)19(29)21(30)27(16)9-12-8-26(25-24-12)10-17(28)20-23-15-4-2-3-5-18(15)31-20/h2-6,8,13H,7,9-10H2,1H3. The maximum absolute atomic E-state index is 12.6. The van der Waals surface area contributed by atoms with Gasteiger partial charge in [0.2, 0.25) is 11.6 Å². The molecular formula is C21H16BrN5O3S. The Morgan fingerprint density at radius 1 is 1.29 bits per heavy atom. The largest absolute Gasteiger partial charge is 0.303 e. The molecule has 1 fully saturated rings. The highest BCUT2D eigenvalue weighted by molar-refractivity contribution is 9.11. The van der Waals surface area contributed by atoms with Crippen molar-refractivity contribution in [1.29, 1.82) is 0 Å². The molecule has 0 saturated carbocycles. The van der Waals surface area contributed by atoms with Crippen molar-refractivity contribution in [2.75, 3.05) is 0 Å². The number of rotatable bonds is 5. The number of amides is 1. The fraction of sp³-hybridized carbons (Fsp3) is 0.238. The third kappa shape index (κ3) is 3.55. The van der Waals surface area contributed by atoms with Crippen LogP contribution >= 0.6 is 27.3 Å². The zero-order chi connectivity index (χ0) is 21.7. The molecule has 2 aliphatic rings. The molecule has 1 saturated heterocycles. The van der Waals surface area contributed by atoms with Crippen molar-refractivity contribution in [3.63, 3.8) is 0 Å². The molecule has 0 spiro atoms. The van der Waals surface area contributed by atoms with Gasteiger partial charge in [-0.1, -0.05) is 33.3 Å². The first-order valence-corrected chi connectivity index (χ1v) is 11.2. The number of allylic oxidation sites excluding steroid dienone is 4. The van der Waals surface area contributed by atoms with Crippen LogP contribution in [0.5, 0.6) is 0 Å². The van der Waals surface area contributed by atoms with Crippen LogP contribution in [0.25, 0.3) is 10.2 Å². The van der Waals surface area contributed by atoms with Gasteiger partial charge in [0.25, 0.3) is 5.91 Å². The van der Waals surface area contributed by atoms with Gasteiger partial charge < -0.3 is 4.90 Å². The highest BCUT2D eigenvalue weighted by Gasteiger charge is 2.45. The molecule has 0 bridgehead atoms. The van der Waals surface area contributed by atoms with Crippen molar-refractivity contribution in [3.05, 3.63) is 63.0 Å². The van der Waals surface area contributed by atoms with E-state index in [-0.39, 0.29) is 18.9 Å². The monoisotopic (exact) mass is 497 g/mol. The summed E-state index contributed by atoms with van der Waals surface area (Å²) in [5, 5.41) is 8.52. The van der Waals surface area contributed by atoms with Crippen molar-refractivity contribution in [3.8, 4) is 0 Å². The van der Waals surface area contributed by atoms with Crippen LogP contribution in [0.2, 0.25) is 0 Å². The van der Waals surface area contributed by atoms with Crippen LogP contribution in [0.3, 0.4) is 0 Å². The first kappa shape index (κ1) is 20.0. The van der Waals surface area contributed by atoms with E-state index in [1.54, 1.807) is 6.20 Å². The predicted molar refractivity (Wildman–Crippen MR) is 117 cm³/mol. The van der Waals surface area contributed by atoms with E-state index in [1.165, 1.54) is 20.9 Å². The lowest BCUT2D eigenvalue weighted by Gasteiger charge is -2.22. The van der Waals surface area contributed by atoms with E-state index in [1.807, 2.05) is 37.3 Å². The Morgan fingerprint density at radius 3 is 2.90 bits per heavy atom. The van der Waals surface area contributed by atoms with Crippen LogP contribution in [-0.4, -0.2) is 42.4 Å². The molecule has 8 nitrogen and oxygen atoms in total. The van der Waals surface area contributed by atoms with Gasteiger partial charge in [-0.2, -0.15) is 0 Å². The van der Waals surface area contributed by atoms with Gasteiger partial charge in [0, 0.05) is 5.70 Å². The molecule has 1 atom stereocenters. The molecule has 1 amide bonds. The number of thiazole rings is 1. The number of carbonyl (C=O) groups excluding carboxylic acids is 3. The molecule has 156 valence electrons. The molecule has 0 N–H and O–H groups in total. The number of nitrogens with zero attached hydrogens (tertiary/aromatic N) is 5. The maximum atomic E-state index is 12.6. The van der Waals surface area contributed by atoms with Crippen LogP contribution < -0.4 is 0 Å². The van der Waals surface area contributed by atoms with E-state index >= 15 is 0 Å². The molecule has 2 aromatic heterocycles. The van der Waals surface area contributed by atoms with Gasteiger partial charge in [-0.05, 0) is 41.6 Å². The Hall–Kier alpha value is -2.98. The SMILES string of the molecule is CC1=C(Br)CC2C(=O)C(=O)N(Cc3cn(CC(=O)c4nc5ccccc5s4)nn3)C2=C1. The highest BCUT2D eigenvalue weighted by Crippen LogP contribution is 2.39. The lowest BCUT2D eigenvalue weighted by atomic mass is 9.93. The Bertz CT molecular complexity index is 1290. The Morgan fingerprint density at radius 2 is 2.10 bits per heavy atom. The minimum Gasteiger partial charge on any atom is -0.303 e. The summed E-state index contributed by atoms with van der Waals surface area (Å²) >= 11 is 4.81. The molecule has 1 aliphatic heterocycles. The lowest BCUT2D eigenvalue weighted by Crippen LogP contribution is -2.26. The summed E-state index contributed by atoms with van der Waals surface area (Å²) in [5.74, 6) is -1.56. The highest BCUT2D eigenvalue weighted by atomic mass is 79.9. The van der Waals surface area contributed by atoms with Crippen molar-refractivity contribution in [1.82, 2.24) is 24.9 Å². The number of aromatic nitrogens is 4. The van der Waals surface area contributed by atoms with Crippen molar-refractivity contribution in [2.45, 2.75) is 26.4 Å². The molecule has 3 aromatic rings. The van der Waals surface area contributed by atoms with Crippen LogP contribution in [0.15, 0.2) is 52.3 Å². The number of halogens is 1. The van der Waals surface area contributed by atoms with Gasteiger partial charge in [-0.3, -0.25) is 14.4 Å². The quantitative estimate of drug-likeness (QED) is 0.396.